The van der Waals surface area contributed by atoms with Gasteiger partial charge in [0.2, 0.25) is 0 Å². The second-order valence-electron chi connectivity index (χ2n) is 7.17. The van der Waals surface area contributed by atoms with Gasteiger partial charge in [0.1, 0.15) is 5.82 Å². The minimum Gasteiger partial charge on any atom is -0.493 e. The van der Waals surface area contributed by atoms with Gasteiger partial charge in [-0.25, -0.2) is 9.18 Å². The number of benzene rings is 3. The third kappa shape index (κ3) is 5.13. The Morgan fingerprint density at radius 1 is 1.06 bits per heavy atom. The zero-order chi connectivity index (χ0) is 24.2. The molecule has 172 valence electrons. The number of halogens is 2. The van der Waals surface area contributed by atoms with Gasteiger partial charge in [0.15, 0.2) is 11.5 Å². The van der Waals surface area contributed by atoms with E-state index in [-0.39, 0.29) is 28.5 Å². The second kappa shape index (κ2) is 10.1. The zero-order valence-corrected chi connectivity index (χ0v) is 19.4. The van der Waals surface area contributed by atoms with Crippen LogP contribution in [-0.2, 0) is 11.3 Å². The van der Waals surface area contributed by atoms with Crippen LogP contribution >= 0.6 is 23.4 Å². The van der Waals surface area contributed by atoms with Gasteiger partial charge in [-0.15, -0.1) is 0 Å². The molecule has 0 spiro atoms. The van der Waals surface area contributed by atoms with Crippen molar-refractivity contribution >= 4 is 46.6 Å². The Balaban J connectivity index is 1.53. The maximum absolute atomic E-state index is 13.4. The van der Waals surface area contributed by atoms with Gasteiger partial charge in [0, 0.05) is 5.02 Å². The fraction of sp³-hybridized carbons (Fsp3) is 0.0800. The number of hydrogen-bond donors (Lipinski definition) is 0. The number of amides is 2. The Morgan fingerprint density at radius 2 is 1.85 bits per heavy atom. The highest BCUT2D eigenvalue weighted by Crippen LogP contribution is 2.36. The Morgan fingerprint density at radius 3 is 2.59 bits per heavy atom. The normalized spacial score (nSPS) is 14.6. The topological polar surface area (TPSA) is 72.9 Å². The highest BCUT2D eigenvalue weighted by molar-refractivity contribution is 8.18. The minimum atomic E-state index is -0.744. The molecule has 1 aliphatic heterocycles. The first-order chi connectivity index (χ1) is 16.4. The van der Waals surface area contributed by atoms with Gasteiger partial charge in [-0.05, 0) is 65.4 Å². The summed E-state index contributed by atoms with van der Waals surface area (Å²) in [5.41, 5.74) is 1.28. The fourth-order valence-electron chi connectivity index (χ4n) is 3.22. The smallest absolute Gasteiger partial charge is 0.343 e. The van der Waals surface area contributed by atoms with Gasteiger partial charge >= 0.3 is 5.97 Å². The molecule has 1 heterocycles. The number of carbonyl (C=O) groups excluding carboxylic acids is 3. The van der Waals surface area contributed by atoms with Crippen LogP contribution in [0, 0.1) is 5.82 Å². The van der Waals surface area contributed by atoms with Crippen LogP contribution in [0.1, 0.15) is 21.5 Å². The third-order valence-corrected chi connectivity index (χ3v) is 6.18. The van der Waals surface area contributed by atoms with E-state index in [4.69, 9.17) is 21.1 Å². The summed E-state index contributed by atoms with van der Waals surface area (Å²) in [6.45, 7) is 0.0694. The quantitative estimate of drug-likeness (QED) is 0.238. The standard InChI is InChI=1S/C25H17ClFNO5S/c1-32-21-11-15(9-10-20(21)33-24(30)16-6-4-7-18(27)13-16)12-22-23(29)28(25(31)34-22)14-17-5-2-3-8-19(17)26/h2-13H,14H2,1H3/b22-12-. The number of thioether (sulfide) groups is 1. The summed E-state index contributed by atoms with van der Waals surface area (Å²) in [5.74, 6) is -1.38. The summed E-state index contributed by atoms with van der Waals surface area (Å²) < 4.78 is 24.0. The number of ether oxygens (including phenoxy) is 2. The highest BCUT2D eigenvalue weighted by atomic mass is 35.5. The summed E-state index contributed by atoms with van der Waals surface area (Å²) in [5, 5.41) is 0.0717. The summed E-state index contributed by atoms with van der Waals surface area (Å²) in [6.07, 6.45) is 1.55. The highest BCUT2D eigenvalue weighted by Gasteiger charge is 2.35. The monoisotopic (exact) mass is 497 g/mol. The van der Waals surface area contributed by atoms with E-state index in [1.807, 2.05) is 0 Å². The molecular formula is C25H17ClFNO5S. The van der Waals surface area contributed by atoms with Crippen molar-refractivity contribution in [2.24, 2.45) is 0 Å². The summed E-state index contributed by atoms with van der Waals surface area (Å²) >= 11 is 6.98. The lowest BCUT2D eigenvalue weighted by Gasteiger charge is -2.13. The lowest BCUT2D eigenvalue weighted by Crippen LogP contribution is -2.27. The van der Waals surface area contributed by atoms with E-state index in [0.717, 1.165) is 22.7 Å². The van der Waals surface area contributed by atoms with Gasteiger partial charge in [-0.3, -0.25) is 14.5 Å². The van der Waals surface area contributed by atoms with E-state index < -0.39 is 22.9 Å². The van der Waals surface area contributed by atoms with Gasteiger partial charge in [0.05, 0.1) is 24.1 Å². The van der Waals surface area contributed by atoms with Crippen LogP contribution in [0.3, 0.4) is 0 Å². The molecule has 0 N–H and O–H groups in total. The number of rotatable bonds is 6. The molecule has 4 rings (SSSR count). The predicted octanol–water partition coefficient (Wildman–Crippen LogP) is 5.94. The molecule has 0 saturated carbocycles. The number of esters is 1. The SMILES string of the molecule is COc1cc(/C=C2\SC(=O)N(Cc3ccccc3Cl)C2=O)ccc1OC(=O)c1cccc(F)c1. The van der Waals surface area contributed by atoms with Crippen molar-refractivity contribution in [3.63, 3.8) is 0 Å². The Kier molecular flexibility index (Phi) is 7.00. The maximum Gasteiger partial charge on any atom is 0.343 e. The molecule has 3 aromatic carbocycles. The number of hydrogen-bond acceptors (Lipinski definition) is 6. The van der Waals surface area contributed by atoms with Crippen LogP contribution in [0.15, 0.2) is 71.6 Å². The molecular weight excluding hydrogens is 481 g/mol. The average Bonchev–Trinajstić information content (AvgIpc) is 3.08. The molecule has 1 fully saturated rings. The van der Waals surface area contributed by atoms with Gasteiger partial charge in [-0.1, -0.05) is 41.9 Å². The van der Waals surface area contributed by atoms with Crippen molar-refractivity contribution < 1.29 is 28.2 Å². The third-order valence-electron chi connectivity index (χ3n) is 4.91. The first-order valence-electron chi connectivity index (χ1n) is 10.0. The molecule has 9 heteroatoms. The van der Waals surface area contributed by atoms with Crippen molar-refractivity contribution in [3.8, 4) is 11.5 Å². The van der Waals surface area contributed by atoms with Gasteiger partial charge in [0.25, 0.3) is 11.1 Å². The van der Waals surface area contributed by atoms with Gasteiger partial charge in [-0.2, -0.15) is 0 Å². The molecule has 6 nitrogen and oxygen atoms in total. The van der Waals surface area contributed by atoms with Gasteiger partial charge < -0.3 is 9.47 Å². The first-order valence-corrected chi connectivity index (χ1v) is 11.2. The van der Waals surface area contributed by atoms with E-state index in [1.165, 1.54) is 31.4 Å². The molecule has 1 aliphatic rings. The van der Waals surface area contributed by atoms with E-state index in [1.54, 1.807) is 42.5 Å². The summed E-state index contributed by atoms with van der Waals surface area (Å²) in [6, 6.07) is 16.8. The predicted molar refractivity (Wildman–Crippen MR) is 127 cm³/mol. The van der Waals surface area contributed by atoms with E-state index in [0.29, 0.717) is 16.1 Å². The van der Waals surface area contributed by atoms with Crippen LogP contribution in [0.4, 0.5) is 9.18 Å². The molecule has 0 bridgehead atoms. The van der Waals surface area contributed by atoms with Crippen molar-refractivity contribution in [2.45, 2.75) is 6.54 Å². The number of carbonyl (C=O) groups is 3. The van der Waals surface area contributed by atoms with Crippen molar-refractivity contribution in [1.29, 1.82) is 0 Å². The molecule has 1 saturated heterocycles. The summed E-state index contributed by atoms with van der Waals surface area (Å²) in [7, 11) is 1.40. The minimum absolute atomic E-state index is 0.0540. The number of imide groups is 1. The molecule has 0 aliphatic carbocycles. The van der Waals surface area contributed by atoms with Crippen molar-refractivity contribution in [3.05, 3.63) is 99.2 Å². The Hall–Kier alpha value is -3.62. The Bertz CT molecular complexity index is 1330. The molecule has 0 radical (unpaired) electrons. The second-order valence-corrected chi connectivity index (χ2v) is 8.57. The summed E-state index contributed by atoms with van der Waals surface area (Å²) in [4.78, 5) is 39.0. The molecule has 0 unspecified atom stereocenters. The zero-order valence-electron chi connectivity index (χ0n) is 17.8. The lowest BCUT2D eigenvalue weighted by atomic mass is 10.1. The molecule has 0 atom stereocenters. The molecule has 34 heavy (non-hydrogen) atoms. The van der Waals surface area contributed by atoms with Crippen LogP contribution in [0.25, 0.3) is 6.08 Å². The molecule has 2 amide bonds. The molecule has 3 aromatic rings. The average molecular weight is 498 g/mol. The van der Waals surface area contributed by atoms with Crippen molar-refractivity contribution in [1.82, 2.24) is 4.90 Å². The first kappa shape index (κ1) is 23.5. The van der Waals surface area contributed by atoms with E-state index >= 15 is 0 Å². The lowest BCUT2D eigenvalue weighted by molar-refractivity contribution is -0.123. The molecule has 0 aromatic heterocycles. The Labute approximate surface area is 203 Å². The van der Waals surface area contributed by atoms with E-state index in [2.05, 4.69) is 0 Å². The van der Waals surface area contributed by atoms with Crippen LogP contribution in [-0.4, -0.2) is 29.1 Å². The number of nitrogens with zero attached hydrogens (tertiary/aromatic N) is 1. The van der Waals surface area contributed by atoms with Crippen LogP contribution in [0.5, 0.6) is 11.5 Å². The van der Waals surface area contributed by atoms with E-state index in [9.17, 15) is 18.8 Å². The van der Waals surface area contributed by atoms with Crippen LogP contribution in [0.2, 0.25) is 5.02 Å². The maximum atomic E-state index is 13.4. The van der Waals surface area contributed by atoms with Crippen molar-refractivity contribution in [2.75, 3.05) is 7.11 Å². The number of methoxy groups -OCH3 is 1. The van der Waals surface area contributed by atoms with Crippen LogP contribution < -0.4 is 9.47 Å². The largest absolute Gasteiger partial charge is 0.493 e. The fourth-order valence-corrected chi connectivity index (χ4v) is 4.25.